The third-order valence-electron chi connectivity index (χ3n) is 3.24. The second kappa shape index (κ2) is 6.55. The summed E-state index contributed by atoms with van der Waals surface area (Å²) in [5.41, 5.74) is 8.11. The molecule has 3 nitrogen and oxygen atoms in total. The molecule has 2 unspecified atom stereocenters. The minimum atomic E-state index is -0.414. The Balaban J connectivity index is 2.67. The van der Waals surface area contributed by atoms with Crippen LogP contribution in [-0.2, 0) is 4.79 Å². The molecule has 2 atom stereocenters. The zero-order valence-electron chi connectivity index (χ0n) is 11.7. The first kappa shape index (κ1) is 14.7. The fraction of sp³-hybridized carbons (Fsp3) is 0.533. The third-order valence-corrected chi connectivity index (χ3v) is 3.24. The number of hydrogen-bond donors (Lipinski definition) is 2. The highest BCUT2D eigenvalue weighted by atomic mass is 16.2. The first-order chi connectivity index (χ1) is 8.45. The molecule has 0 heterocycles. The van der Waals surface area contributed by atoms with Gasteiger partial charge in [-0.3, -0.25) is 4.79 Å². The predicted molar refractivity (Wildman–Crippen MR) is 75.4 cm³/mol. The van der Waals surface area contributed by atoms with Crippen LogP contribution in [-0.4, -0.2) is 11.9 Å². The Bertz CT molecular complexity index is 384. The fourth-order valence-corrected chi connectivity index (χ4v) is 1.76. The molecule has 0 aliphatic carbocycles. The second-order valence-electron chi connectivity index (χ2n) is 5.07. The van der Waals surface area contributed by atoms with Crippen LogP contribution >= 0.6 is 0 Å². The Labute approximate surface area is 110 Å². The van der Waals surface area contributed by atoms with E-state index >= 15 is 0 Å². The van der Waals surface area contributed by atoms with Gasteiger partial charge in [0.1, 0.15) is 0 Å². The van der Waals surface area contributed by atoms with Crippen LogP contribution in [0.4, 0.5) is 0 Å². The number of carbonyl (C=O) groups is 1. The van der Waals surface area contributed by atoms with Crippen molar-refractivity contribution in [3.8, 4) is 0 Å². The molecule has 0 saturated heterocycles. The summed E-state index contributed by atoms with van der Waals surface area (Å²) in [5.74, 6) is 0.440. The Morgan fingerprint density at radius 3 is 2.11 bits per heavy atom. The van der Waals surface area contributed by atoms with Crippen LogP contribution in [0.15, 0.2) is 24.3 Å². The molecule has 100 valence electrons. The summed E-state index contributed by atoms with van der Waals surface area (Å²) >= 11 is 0. The van der Waals surface area contributed by atoms with Crippen LogP contribution < -0.4 is 11.1 Å². The second-order valence-corrected chi connectivity index (χ2v) is 5.07. The Morgan fingerprint density at radius 1 is 1.17 bits per heavy atom. The summed E-state index contributed by atoms with van der Waals surface area (Å²) in [6.07, 6.45) is 0.658. The highest BCUT2D eigenvalue weighted by molar-refractivity contribution is 5.81. The van der Waals surface area contributed by atoms with E-state index in [-0.39, 0.29) is 11.9 Å². The highest BCUT2D eigenvalue weighted by Crippen LogP contribution is 2.18. The molecule has 0 spiro atoms. The van der Waals surface area contributed by atoms with Gasteiger partial charge in [-0.15, -0.1) is 0 Å². The topological polar surface area (TPSA) is 55.1 Å². The van der Waals surface area contributed by atoms with Gasteiger partial charge in [0.15, 0.2) is 0 Å². The van der Waals surface area contributed by atoms with Crippen molar-refractivity contribution in [3.63, 3.8) is 0 Å². The molecule has 0 bridgehead atoms. The SMILES string of the molecule is CCC(N)C(=O)NC(C)c1ccc(C(C)C)cc1. The molecule has 0 aromatic heterocycles. The Hall–Kier alpha value is -1.35. The number of nitrogens with two attached hydrogens (primary N) is 1. The summed E-state index contributed by atoms with van der Waals surface area (Å²) in [7, 11) is 0. The zero-order chi connectivity index (χ0) is 13.7. The van der Waals surface area contributed by atoms with Crippen molar-refractivity contribution in [1.29, 1.82) is 0 Å². The highest BCUT2D eigenvalue weighted by Gasteiger charge is 2.14. The summed E-state index contributed by atoms with van der Waals surface area (Å²) in [6.45, 7) is 8.22. The molecular weight excluding hydrogens is 224 g/mol. The van der Waals surface area contributed by atoms with E-state index in [9.17, 15) is 4.79 Å². The lowest BCUT2D eigenvalue weighted by molar-refractivity contribution is -0.123. The van der Waals surface area contributed by atoms with Crippen LogP contribution in [0.25, 0.3) is 0 Å². The van der Waals surface area contributed by atoms with E-state index in [0.717, 1.165) is 5.56 Å². The van der Waals surface area contributed by atoms with Gasteiger partial charge in [0, 0.05) is 0 Å². The van der Waals surface area contributed by atoms with Gasteiger partial charge >= 0.3 is 0 Å². The molecule has 0 aliphatic heterocycles. The molecule has 0 aliphatic rings. The number of rotatable bonds is 5. The first-order valence-corrected chi connectivity index (χ1v) is 6.61. The zero-order valence-corrected chi connectivity index (χ0v) is 11.7. The van der Waals surface area contributed by atoms with Crippen molar-refractivity contribution in [2.75, 3.05) is 0 Å². The van der Waals surface area contributed by atoms with Gasteiger partial charge < -0.3 is 11.1 Å². The van der Waals surface area contributed by atoms with E-state index in [2.05, 4.69) is 43.4 Å². The normalized spacial score (nSPS) is 14.3. The molecule has 1 rings (SSSR count). The van der Waals surface area contributed by atoms with Crippen molar-refractivity contribution in [2.24, 2.45) is 5.73 Å². The summed E-state index contributed by atoms with van der Waals surface area (Å²) < 4.78 is 0. The number of carbonyl (C=O) groups excluding carboxylic acids is 1. The maximum absolute atomic E-state index is 11.7. The van der Waals surface area contributed by atoms with Gasteiger partial charge in [-0.2, -0.15) is 0 Å². The third kappa shape index (κ3) is 3.84. The van der Waals surface area contributed by atoms with Crippen molar-refractivity contribution >= 4 is 5.91 Å². The number of amides is 1. The smallest absolute Gasteiger partial charge is 0.237 e. The molecule has 0 fully saturated rings. The quantitative estimate of drug-likeness (QED) is 0.841. The molecule has 0 saturated carbocycles. The predicted octanol–water partition coefficient (Wildman–Crippen LogP) is 2.72. The van der Waals surface area contributed by atoms with E-state index < -0.39 is 6.04 Å². The van der Waals surface area contributed by atoms with Gasteiger partial charge in [0.05, 0.1) is 12.1 Å². The van der Waals surface area contributed by atoms with Gasteiger partial charge in [-0.1, -0.05) is 45.0 Å². The van der Waals surface area contributed by atoms with E-state index in [1.165, 1.54) is 5.56 Å². The van der Waals surface area contributed by atoms with Gasteiger partial charge in [0.2, 0.25) is 5.91 Å². The van der Waals surface area contributed by atoms with Gasteiger partial charge in [-0.05, 0) is 30.4 Å². The first-order valence-electron chi connectivity index (χ1n) is 6.61. The molecule has 1 amide bonds. The van der Waals surface area contributed by atoms with Crippen LogP contribution in [0.5, 0.6) is 0 Å². The monoisotopic (exact) mass is 248 g/mol. The Kier molecular flexibility index (Phi) is 5.35. The minimum absolute atomic E-state index is 0.00341. The van der Waals surface area contributed by atoms with E-state index in [1.54, 1.807) is 0 Å². The van der Waals surface area contributed by atoms with Crippen molar-refractivity contribution in [3.05, 3.63) is 35.4 Å². The van der Waals surface area contributed by atoms with E-state index in [1.807, 2.05) is 13.8 Å². The van der Waals surface area contributed by atoms with Crippen LogP contribution in [0.3, 0.4) is 0 Å². The molecule has 1 aromatic rings. The molecule has 3 heteroatoms. The largest absolute Gasteiger partial charge is 0.348 e. The van der Waals surface area contributed by atoms with E-state index in [4.69, 9.17) is 5.73 Å². The summed E-state index contributed by atoms with van der Waals surface area (Å²) in [6, 6.07) is 7.94. The number of nitrogens with one attached hydrogen (secondary N) is 1. The molecular formula is C15H24N2O. The van der Waals surface area contributed by atoms with Gasteiger partial charge in [0.25, 0.3) is 0 Å². The lowest BCUT2D eigenvalue weighted by atomic mass is 9.99. The van der Waals surface area contributed by atoms with Crippen molar-refractivity contribution < 1.29 is 4.79 Å². The van der Waals surface area contributed by atoms with Crippen LogP contribution in [0.1, 0.15) is 57.2 Å². The lowest BCUT2D eigenvalue weighted by Gasteiger charge is -2.17. The molecule has 3 N–H and O–H groups in total. The average Bonchev–Trinajstić information content (AvgIpc) is 2.37. The fourth-order valence-electron chi connectivity index (χ4n) is 1.76. The molecule has 1 aromatic carbocycles. The maximum Gasteiger partial charge on any atom is 0.237 e. The summed E-state index contributed by atoms with van der Waals surface area (Å²) in [4.78, 5) is 11.7. The standard InChI is InChI=1S/C15H24N2O/c1-5-14(16)15(18)17-11(4)13-8-6-12(7-9-13)10(2)3/h6-11,14H,5,16H2,1-4H3,(H,17,18). The lowest BCUT2D eigenvalue weighted by Crippen LogP contribution is -2.41. The van der Waals surface area contributed by atoms with Crippen molar-refractivity contribution in [1.82, 2.24) is 5.32 Å². The maximum atomic E-state index is 11.7. The molecule has 0 radical (unpaired) electrons. The number of hydrogen-bond acceptors (Lipinski definition) is 2. The van der Waals surface area contributed by atoms with E-state index in [0.29, 0.717) is 12.3 Å². The Morgan fingerprint density at radius 2 is 1.67 bits per heavy atom. The van der Waals surface area contributed by atoms with Crippen LogP contribution in [0, 0.1) is 0 Å². The number of benzene rings is 1. The van der Waals surface area contributed by atoms with Gasteiger partial charge in [-0.25, -0.2) is 0 Å². The minimum Gasteiger partial charge on any atom is -0.348 e. The average molecular weight is 248 g/mol. The van der Waals surface area contributed by atoms with Crippen LogP contribution in [0.2, 0.25) is 0 Å². The summed E-state index contributed by atoms with van der Waals surface area (Å²) in [5, 5.41) is 2.93. The molecule has 18 heavy (non-hydrogen) atoms. The van der Waals surface area contributed by atoms with Crippen molar-refractivity contribution in [2.45, 2.75) is 52.1 Å².